The predicted octanol–water partition coefficient (Wildman–Crippen LogP) is 4.91. The molecule has 0 radical (unpaired) electrons. The topological polar surface area (TPSA) is 38.8 Å². The summed E-state index contributed by atoms with van der Waals surface area (Å²) in [5, 5.41) is 0.437. The molecule has 1 aliphatic rings. The van der Waals surface area contributed by atoms with Crippen molar-refractivity contribution in [2.45, 2.75) is 26.4 Å². The van der Waals surface area contributed by atoms with E-state index in [4.69, 9.17) is 33.3 Å². The highest BCUT2D eigenvalue weighted by molar-refractivity contribution is 8.26. The van der Waals surface area contributed by atoms with Crippen LogP contribution in [0.4, 0.5) is 0 Å². The molecule has 1 amide bonds. The zero-order chi connectivity index (χ0) is 18.6. The van der Waals surface area contributed by atoms with Crippen molar-refractivity contribution in [2.24, 2.45) is 0 Å². The van der Waals surface area contributed by atoms with Crippen LogP contribution in [0, 0.1) is 0 Å². The second kappa shape index (κ2) is 8.74. The molecular formula is C18H20ClNO3S2. The van der Waals surface area contributed by atoms with Crippen LogP contribution in [0.3, 0.4) is 0 Å². The number of carbonyl (C=O) groups excluding carboxylic acids is 1. The quantitative estimate of drug-likeness (QED) is 0.371. The average Bonchev–Trinajstić information content (AvgIpc) is 2.84. The smallest absolute Gasteiger partial charge is 0.266 e. The molecule has 1 saturated heterocycles. The first-order valence-electron chi connectivity index (χ1n) is 7.81. The Balaban J connectivity index is 2.35. The van der Waals surface area contributed by atoms with Crippen LogP contribution >= 0.6 is 35.6 Å². The van der Waals surface area contributed by atoms with Gasteiger partial charge in [-0.25, -0.2) is 0 Å². The molecule has 0 unspecified atom stereocenters. The van der Waals surface area contributed by atoms with Gasteiger partial charge in [-0.15, -0.1) is 6.58 Å². The summed E-state index contributed by atoms with van der Waals surface area (Å²) >= 11 is 12.9. The van der Waals surface area contributed by atoms with E-state index < -0.39 is 0 Å². The van der Waals surface area contributed by atoms with Crippen molar-refractivity contribution >= 4 is 51.9 Å². The van der Waals surface area contributed by atoms with Crippen LogP contribution in [-0.4, -0.2) is 34.9 Å². The molecule has 1 atom stereocenters. The van der Waals surface area contributed by atoms with E-state index in [0.717, 1.165) is 12.0 Å². The number of hydrogen-bond donors (Lipinski definition) is 0. The van der Waals surface area contributed by atoms with E-state index in [2.05, 4.69) is 6.58 Å². The molecule has 0 saturated carbocycles. The summed E-state index contributed by atoms with van der Waals surface area (Å²) in [7, 11) is 1.56. The second-order valence-electron chi connectivity index (χ2n) is 5.45. The van der Waals surface area contributed by atoms with Crippen LogP contribution in [0.1, 0.15) is 25.8 Å². The summed E-state index contributed by atoms with van der Waals surface area (Å²) in [5.41, 5.74) is 0.748. The van der Waals surface area contributed by atoms with E-state index in [9.17, 15) is 4.79 Å². The first-order valence-corrected chi connectivity index (χ1v) is 9.42. The Morgan fingerprint density at radius 3 is 2.80 bits per heavy atom. The van der Waals surface area contributed by atoms with Crippen molar-refractivity contribution in [3.63, 3.8) is 0 Å². The van der Waals surface area contributed by atoms with E-state index >= 15 is 0 Å². The van der Waals surface area contributed by atoms with Gasteiger partial charge in [-0.2, -0.15) is 0 Å². The van der Waals surface area contributed by atoms with Gasteiger partial charge in [-0.3, -0.25) is 9.69 Å². The van der Waals surface area contributed by atoms with E-state index in [0.29, 0.717) is 32.3 Å². The predicted molar refractivity (Wildman–Crippen MR) is 108 cm³/mol. The Bertz CT molecular complexity index is 733. The fraction of sp³-hybridized carbons (Fsp3) is 0.333. The van der Waals surface area contributed by atoms with Gasteiger partial charge in [-0.1, -0.05) is 48.6 Å². The van der Waals surface area contributed by atoms with E-state index in [1.54, 1.807) is 31.4 Å². The minimum atomic E-state index is -0.134. The van der Waals surface area contributed by atoms with Gasteiger partial charge in [0.05, 0.1) is 23.1 Å². The Morgan fingerprint density at radius 2 is 2.20 bits per heavy atom. The number of thioether (sulfide) groups is 1. The monoisotopic (exact) mass is 397 g/mol. The zero-order valence-electron chi connectivity index (χ0n) is 14.4. The highest BCUT2D eigenvalue weighted by Crippen LogP contribution is 2.39. The normalized spacial score (nSPS) is 17.1. The number of halogens is 1. The Morgan fingerprint density at radius 1 is 1.48 bits per heavy atom. The maximum Gasteiger partial charge on any atom is 0.266 e. The number of hydrogen-bond acceptors (Lipinski definition) is 5. The summed E-state index contributed by atoms with van der Waals surface area (Å²) < 4.78 is 11.8. The largest absolute Gasteiger partial charge is 0.493 e. The molecule has 0 bridgehead atoms. The fourth-order valence-corrected chi connectivity index (χ4v) is 3.70. The Kier molecular flexibility index (Phi) is 6.93. The molecule has 4 nitrogen and oxygen atoms in total. The molecule has 0 aliphatic carbocycles. The maximum atomic E-state index is 12.4. The highest BCUT2D eigenvalue weighted by atomic mass is 35.5. The van der Waals surface area contributed by atoms with Crippen LogP contribution < -0.4 is 9.47 Å². The molecule has 0 aromatic heterocycles. The van der Waals surface area contributed by atoms with Crippen molar-refractivity contribution in [2.75, 3.05) is 13.7 Å². The van der Waals surface area contributed by atoms with Crippen molar-refractivity contribution < 1.29 is 14.3 Å². The minimum Gasteiger partial charge on any atom is -0.493 e. The highest BCUT2D eigenvalue weighted by Gasteiger charge is 2.31. The lowest BCUT2D eigenvalue weighted by molar-refractivity contribution is -0.121. The van der Waals surface area contributed by atoms with Gasteiger partial charge in [0.2, 0.25) is 0 Å². The number of nitrogens with zero attached hydrogens (tertiary/aromatic N) is 1. The number of thiocarbonyl (C=S) groups is 1. The first-order chi connectivity index (χ1) is 11.9. The van der Waals surface area contributed by atoms with Crippen molar-refractivity contribution in [1.82, 2.24) is 4.90 Å². The molecular weight excluding hydrogens is 378 g/mol. The zero-order valence-corrected chi connectivity index (χ0v) is 16.8. The average molecular weight is 398 g/mol. The molecule has 25 heavy (non-hydrogen) atoms. The summed E-state index contributed by atoms with van der Waals surface area (Å²) in [6.07, 6.45) is 4.28. The number of carbonyl (C=O) groups is 1. The third kappa shape index (κ3) is 4.57. The van der Waals surface area contributed by atoms with Gasteiger partial charge in [0.1, 0.15) is 4.32 Å². The molecule has 1 aromatic rings. The van der Waals surface area contributed by atoms with Crippen LogP contribution in [-0.2, 0) is 4.79 Å². The van der Waals surface area contributed by atoms with Gasteiger partial charge in [-0.05, 0) is 37.1 Å². The van der Waals surface area contributed by atoms with Crippen molar-refractivity contribution in [3.8, 4) is 11.5 Å². The lowest BCUT2D eigenvalue weighted by Crippen LogP contribution is -2.27. The fourth-order valence-electron chi connectivity index (χ4n) is 2.16. The maximum absolute atomic E-state index is 12.4. The molecule has 1 heterocycles. The third-order valence-corrected chi connectivity index (χ3v) is 5.29. The van der Waals surface area contributed by atoms with Crippen LogP contribution in [0.15, 0.2) is 29.7 Å². The SMILES string of the molecule is C=CCN1C(=O)/C(=C/c2cc(Cl)c(O[C@H](C)CC)c(OC)c2)SC1=S. The minimum absolute atomic E-state index is 0.0207. The molecule has 0 spiro atoms. The number of ether oxygens (including phenoxy) is 2. The lowest BCUT2D eigenvalue weighted by Gasteiger charge is -2.17. The van der Waals surface area contributed by atoms with Gasteiger partial charge in [0.25, 0.3) is 5.91 Å². The molecule has 1 fully saturated rings. The standard InChI is InChI=1S/C18H20ClNO3S2/c1-5-7-20-17(21)15(25-18(20)24)10-12-8-13(19)16(14(9-12)22-4)23-11(3)6-2/h5,8-11H,1,6-7H2,2-4H3/b15-10-/t11-/m1/s1. The molecule has 0 N–H and O–H groups in total. The molecule has 2 rings (SSSR count). The van der Waals surface area contributed by atoms with Gasteiger partial charge in [0.15, 0.2) is 11.5 Å². The summed E-state index contributed by atoms with van der Waals surface area (Å²) in [6.45, 7) is 8.04. The molecule has 1 aliphatic heterocycles. The number of benzene rings is 1. The number of methoxy groups -OCH3 is 1. The molecule has 1 aromatic carbocycles. The van der Waals surface area contributed by atoms with E-state index in [-0.39, 0.29) is 12.0 Å². The van der Waals surface area contributed by atoms with Gasteiger partial charge in [0, 0.05) is 6.54 Å². The lowest BCUT2D eigenvalue weighted by atomic mass is 10.1. The summed E-state index contributed by atoms with van der Waals surface area (Å²) in [6, 6.07) is 3.55. The number of amides is 1. The number of rotatable bonds is 7. The summed E-state index contributed by atoms with van der Waals surface area (Å²) in [5.74, 6) is 0.903. The van der Waals surface area contributed by atoms with Crippen molar-refractivity contribution in [1.29, 1.82) is 0 Å². The van der Waals surface area contributed by atoms with Crippen LogP contribution in [0.2, 0.25) is 5.02 Å². The Labute approximate surface area is 162 Å². The van der Waals surface area contributed by atoms with Gasteiger partial charge >= 0.3 is 0 Å². The molecule has 7 heteroatoms. The van der Waals surface area contributed by atoms with Gasteiger partial charge < -0.3 is 9.47 Å². The van der Waals surface area contributed by atoms with E-state index in [1.807, 2.05) is 13.8 Å². The van der Waals surface area contributed by atoms with E-state index in [1.165, 1.54) is 16.7 Å². The van der Waals surface area contributed by atoms with Crippen LogP contribution in [0.25, 0.3) is 6.08 Å². The summed E-state index contributed by atoms with van der Waals surface area (Å²) in [4.78, 5) is 14.5. The van der Waals surface area contributed by atoms with Crippen LogP contribution in [0.5, 0.6) is 11.5 Å². The third-order valence-electron chi connectivity index (χ3n) is 3.63. The second-order valence-corrected chi connectivity index (χ2v) is 7.53. The first kappa shape index (κ1) is 19.8. The Hall–Kier alpha value is -1.50. The molecule has 134 valence electrons. The van der Waals surface area contributed by atoms with Crippen molar-refractivity contribution in [3.05, 3.63) is 40.3 Å².